The van der Waals surface area contributed by atoms with Crippen LogP contribution in [0, 0.1) is 0 Å². The van der Waals surface area contributed by atoms with Crippen LogP contribution < -0.4 is 0 Å². The molecule has 0 amide bonds. The second-order valence-electron chi connectivity index (χ2n) is 5.62. The molecule has 0 aromatic heterocycles. The van der Waals surface area contributed by atoms with Crippen LogP contribution >= 0.6 is 0 Å². The highest BCUT2D eigenvalue weighted by Gasteiger charge is 2.22. The van der Waals surface area contributed by atoms with E-state index in [1.165, 1.54) is 0 Å². The van der Waals surface area contributed by atoms with Crippen LogP contribution in [0.25, 0.3) is 0 Å². The normalized spacial score (nSPS) is 12.2. The highest BCUT2D eigenvalue weighted by molar-refractivity contribution is 5.43. The van der Waals surface area contributed by atoms with Gasteiger partial charge in [-0.05, 0) is 23.3 Å². The van der Waals surface area contributed by atoms with E-state index in [4.69, 9.17) is 0 Å². The van der Waals surface area contributed by atoms with Crippen LogP contribution in [0.3, 0.4) is 0 Å². The Morgan fingerprint density at radius 3 is 1.53 bits per heavy atom. The summed E-state index contributed by atoms with van der Waals surface area (Å²) >= 11 is 0. The van der Waals surface area contributed by atoms with Crippen LogP contribution in [0.5, 0.6) is 5.75 Å². The van der Waals surface area contributed by atoms with Crippen LogP contribution in [0.1, 0.15) is 38.8 Å². The maximum atomic E-state index is 9.84. The van der Waals surface area contributed by atoms with Crippen molar-refractivity contribution in [3.63, 3.8) is 0 Å². The molecule has 0 fully saturated rings. The van der Waals surface area contributed by atoms with E-state index in [0.29, 0.717) is 5.75 Å². The summed E-state index contributed by atoms with van der Waals surface area (Å²) in [6, 6.07) is 5.71. The van der Waals surface area contributed by atoms with Gasteiger partial charge < -0.3 is 5.11 Å². The molecule has 0 spiro atoms. The Morgan fingerprint density at radius 2 is 1.24 bits per heavy atom. The lowest BCUT2D eigenvalue weighted by molar-refractivity contribution is 0.469. The van der Waals surface area contributed by atoms with Gasteiger partial charge >= 0.3 is 0 Å². The fourth-order valence-corrected chi connectivity index (χ4v) is 1.59. The first-order valence-electron chi connectivity index (χ1n) is 5.85. The Kier molecular flexibility index (Phi) is 3.51. The Morgan fingerprint density at radius 1 is 0.882 bits per heavy atom. The van der Waals surface area contributed by atoms with Crippen LogP contribution in [0.4, 0.5) is 0 Å². The summed E-state index contributed by atoms with van der Waals surface area (Å²) in [5.74, 6) is 0.294. The molecule has 1 heteroatoms. The van der Waals surface area contributed by atoms with Gasteiger partial charge in [0.1, 0.15) is 5.75 Å². The summed E-state index contributed by atoms with van der Waals surface area (Å²) in [6.07, 6.45) is 3.79. The Balaban J connectivity index is 3.39. The monoisotopic (exact) mass is 230 g/mol. The summed E-state index contributed by atoms with van der Waals surface area (Å²) < 4.78 is 0. The predicted molar refractivity (Wildman–Crippen MR) is 74.6 cm³/mol. The third-order valence-corrected chi connectivity index (χ3v) is 3.43. The van der Waals surface area contributed by atoms with E-state index in [2.05, 4.69) is 46.9 Å². The van der Waals surface area contributed by atoms with E-state index in [1.807, 2.05) is 12.2 Å². The standard InChI is InChI=1S/C16H22O/c1-7-15(3,4)12-9-13(11-14(17)10-12)16(5,6)8-2/h7-11,17H,1-2H2,3-6H3. The molecule has 0 aliphatic carbocycles. The maximum Gasteiger partial charge on any atom is 0.116 e. The molecule has 1 aromatic carbocycles. The van der Waals surface area contributed by atoms with Crippen molar-refractivity contribution in [1.82, 2.24) is 0 Å². The molecule has 1 nitrogen and oxygen atoms in total. The van der Waals surface area contributed by atoms with Gasteiger partial charge in [0.2, 0.25) is 0 Å². The van der Waals surface area contributed by atoms with E-state index < -0.39 is 0 Å². The topological polar surface area (TPSA) is 20.2 Å². The Labute approximate surface area is 104 Å². The number of allylic oxidation sites excluding steroid dienone is 2. The molecule has 0 bridgehead atoms. The van der Waals surface area contributed by atoms with Gasteiger partial charge in [-0.15, -0.1) is 13.2 Å². The zero-order chi connectivity index (χ0) is 13.3. The molecular formula is C16H22O. The van der Waals surface area contributed by atoms with Crippen molar-refractivity contribution in [3.05, 3.63) is 54.6 Å². The van der Waals surface area contributed by atoms with E-state index in [0.717, 1.165) is 11.1 Å². The molecular weight excluding hydrogens is 208 g/mol. The number of phenolic OH excluding ortho intramolecular Hbond substituents is 1. The number of benzene rings is 1. The number of hydrogen-bond acceptors (Lipinski definition) is 1. The van der Waals surface area contributed by atoms with Gasteiger partial charge in [0, 0.05) is 10.8 Å². The second-order valence-corrected chi connectivity index (χ2v) is 5.62. The lowest BCUT2D eigenvalue weighted by atomic mass is 9.79. The molecule has 0 aliphatic heterocycles. The van der Waals surface area contributed by atoms with Gasteiger partial charge in [-0.25, -0.2) is 0 Å². The summed E-state index contributed by atoms with van der Waals surface area (Å²) in [6.45, 7) is 16.0. The fraction of sp³-hybridized carbons (Fsp3) is 0.375. The molecule has 1 N–H and O–H groups in total. The molecule has 17 heavy (non-hydrogen) atoms. The van der Waals surface area contributed by atoms with Crippen molar-refractivity contribution in [1.29, 1.82) is 0 Å². The summed E-state index contributed by atoms with van der Waals surface area (Å²) in [5, 5.41) is 9.84. The fourth-order valence-electron chi connectivity index (χ4n) is 1.59. The molecule has 0 atom stereocenters. The lowest BCUT2D eigenvalue weighted by Crippen LogP contribution is -2.17. The minimum Gasteiger partial charge on any atom is -0.508 e. The van der Waals surface area contributed by atoms with Crippen LogP contribution in [0.15, 0.2) is 43.5 Å². The second kappa shape index (κ2) is 4.40. The largest absolute Gasteiger partial charge is 0.508 e. The predicted octanol–water partition coefficient (Wildman–Crippen LogP) is 4.32. The minimum absolute atomic E-state index is 0.148. The van der Waals surface area contributed by atoms with E-state index in [1.54, 1.807) is 12.1 Å². The van der Waals surface area contributed by atoms with Gasteiger partial charge in [-0.1, -0.05) is 45.9 Å². The minimum atomic E-state index is -0.148. The SMILES string of the molecule is C=CC(C)(C)c1cc(O)cc(C(C)(C)C=C)c1. The van der Waals surface area contributed by atoms with Crippen molar-refractivity contribution in [2.75, 3.05) is 0 Å². The molecule has 0 saturated carbocycles. The van der Waals surface area contributed by atoms with Gasteiger partial charge in [0.05, 0.1) is 0 Å². The zero-order valence-electron chi connectivity index (χ0n) is 11.2. The van der Waals surface area contributed by atoms with E-state index in [-0.39, 0.29) is 10.8 Å². The number of phenols is 1. The molecule has 0 heterocycles. The van der Waals surface area contributed by atoms with Crippen molar-refractivity contribution < 1.29 is 5.11 Å². The highest BCUT2D eigenvalue weighted by Crippen LogP contribution is 2.33. The number of hydrogen-bond donors (Lipinski definition) is 1. The summed E-state index contributed by atoms with van der Waals surface area (Å²) in [7, 11) is 0. The smallest absolute Gasteiger partial charge is 0.116 e. The third-order valence-electron chi connectivity index (χ3n) is 3.43. The number of aromatic hydroxyl groups is 1. The van der Waals surface area contributed by atoms with Gasteiger partial charge in [0.25, 0.3) is 0 Å². The van der Waals surface area contributed by atoms with Gasteiger partial charge in [-0.2, -0.15) is 0 Å². The van der Waals surface area contributed by atoms with Crippen LogP contribution in [-0.2, 0) is 10.8 Å². The first-order valence-corrected chi connectivity index (χ1v) is 5.85. The molecule has 0 unspecified atom stereocenters. The quantitative estimate of drug-likeness (QED) is 0.764. The Hall–Kier alpha value is -1.50. The van der Waals surface area contributed by atoms with Crippen LogP contribution in [-0.4, -0.2) is 5.11 Å². The zero-order valence-corrected chi connectivity index (χ0v) is 11.2. The number of rotatable bonds is 4. The van der Waals surface area contributed by atoms with Gasteiger partial charge in [-0.3, -0.25) is 0 Å². The molecule has 1 aromatic rings. The summed E-state index contributed by atoms with van der Waals surface area (Å²) in [4.78, 5) is 0. The first kappa shape index (κ1) is 13.6. The van der Waals surface area contributed by atoms with Crippen molar-refractivity contribution >= 4 is 0 Å². The van der Waals surface area contributed by atoms with Crippen molar-refractivity contribution in [2.24, 2.45) is 0 Å². The molecule has 0 radical (unpaired) electrons. The summed E-state index contributed by atoms with van der Waals surface area (Å²) in [5.41, 5.74) is 1.84. The first-order chi connectivity index (χ1) is 7.73. The molecule has 92 valence electrons. The average molecular weight is 230 g/mol. The van der Waals surface area contributed by atoms with Crippen molar-refractivity contribution in [2.45, 2.75) is 38.5 Å². The molecule has 0 aliphatic rings. The third kappa shape index (κ3) is 2.79. The Bertz CT molecular complexity index is 401. The van der Waals surface area contributed by atoms with Gasteiger partial charge in [0.15, 0.2) is 0 Å². The highest BCUT2D eigenvalue weighted by atomic mass is 16.3. The van der Waals surface area contributed by atoms with E-state index in [9.17, 15) is 5.11 Å². The lowest BCUT2D eigenvalue weighted by Gasteiger charge is -2.26. The van der Waals surface area contributed by atoms with E-state index >= 15 is 0 Å². The van der Waals surface area contributed by atoms with Crippen LogP contribution in [0.2, 0.25) is 0 Å². The molecule has 1 rings (SSSR count). The molecule has 0 saturated heterocycles. The van der Waals surface area contributed by atoms with Crippen molar-refractivity contribution in [3.8, 4) is 5.75 Å². The average Bonchev–Trinajstić information content (AvgIpc) is 2.28. The maximum absolute atomic E-state index is 9.84.